The number of nitrogens with one attached hydrogen (secondary N) is 1. The molecular formula is C10H9ClF3N5O. The Labute approximate surface area is 116 Å². The number of halogens is 4. The molecule has 10 heteroatoms. The van der Waals surface area contributed by atoms with Gasteiger partial charge in [0.15, 0.2) is 0 Å². The first kappa shape index (κ1) is 14.4. The number of anilines is 1. The molecule has 0 unspecified atom stereocenters. The molecule has 0 saturated carbocycles. The number of hydrogen-bond acceptors (Lipinski definition) is 3. The molecule has 0 aliphatic carbocycles. The average Bonchev–Trinajstić information content (AvgIpc) is 2.84. The largest absolute Gasteiger partial charge is 0.408 e. The minimum atomic E-state index is -4.38. The molecule has 0 spiro atoms. The molecule has 0 aromatic carbocycles. The normalized spacial score (nSPS) is 11.7. The van der Waals surface area contributed by atoms with Gasteiger partial charge in [-0.05, 0) is 0 Å². The van der Waals surface area contributed by atoms with Crippen molar-refractivity contribution in [3.63, 3.8) is 0 Å². The van der Waals surface area contributed by atoms with Crippen molar-refractivity contribution in [2.75, 3.05) is 5.32 Å². The monoisotopic (exact) mass is 307 g/mol. The Morgan fingerprint density at radius 1 is 1.40 bits per heavy atom. The van der Waals surface area contributed by atoms with E-state index >= 15 is 0 Å². The molecule has 1 amide bonds. The van der Waals surface area contributed by atoms with Gasteiger partial charge in [0.25, 0.3) is 5.91 Å². The first-order chi connectivity index (χ1) is 9.26. The van der Waals surface area contributed by atoms with Crippen LogP contribution in [0.5, 0.6) is 0 Å². The Morgan fingerprint density at radius 2 is 2.10 bits per heavy atom. The summed E-state index contributed by atoms with van der Waals surface area (Å²) in [4.78, 5) is 11.9. The molecule has 2 rings (SSSR count). The molecule has 0 saturated heterocycles. The van der Waals surface area contributed by atoms with Crippen molar-refractivity contribution < 1.29 is 18.0 Å². The fraction of sp³-hybridized carbons (Fsp3) is 0.300. The number of hydrogen-bond donors (Lipinski definition) is 1. The Morgan fingerprint density at radius 3 is 2.65 bits per heavy atom. The van der Waals surface area contributed by atoms with Crippen molar-refractivity contribution in [2.24, 2.45) is 7.05 Å². The summed E-state index contributed by atoms with van der Waals surface area (Å²) in [5.74, 6) is -0.582. The minimum absolute atomic E-state index is 0.107. The Kier molecular flexibility index (Phi) is 3.71. The van der Waals surface area contributed by atoms with E-state index in [-0.39, 0.29) is 16.4 Å². The zero-order valence-corrected chi connectivity index (χ0v) is 10.9. The molecule has 6 nitrogen and oxygen atoms in total. The maximum absolute atomic E-state index is 12.2. The molecule has 20 heavy (non-hydrogen) atoms. The van der Waals surface area contributed by atoms with E-state index in [1.807, 2.05) is 0 Å². The molecule has 0 radical (unpaired) electrons. The van der Waals surface area contributed by atoms with E-state index in [1.165, 1.54) is 17.9 Å². The smallest absolute Gasteiger partial charge is 0.318 e. The Balaban J connectivity index is 2.09. The Hall–Kier alpha value is -2.03. The highest BCUT2D eigenvalue weighted by Crippen LogP contribution is 2.19. The molecule has 2 aromatic heterocycles. The van der Waals surface area contributed by atoms with E-state index < -0.39 is 18.6 Å². The topological polar surface area (TPSA) is 64.7 Å². The van der Waals surface area contributed by atoms with Crippen molar-refractivity contribution in [1.82, 2.24) is 19.6 Å². The third-order valence-electron chi connectivity index (χ3n) is 2.34. The van der Waals surface area contributed by atoms with Gasteiger partial charge in [-0.25, -0.2) is 0 Å². The van der Waals surface area contributed by atoms with Crippen molar-refractivity contribution in [2.45, 2.75) is 12.7 Å². The van der Waals surface area contributed by atoms with Crippen LogP contribution in [0.4, 0.5) is 18.9 Å². The first-order valence-electron chi connectivity index (χ1n) is 5.34. The molecule has 0 fully saturated rings. The second-order valence-electron chi connectivity index (χ2n) is 3.96. The standard InChI is InChI=1S/C10H9ClF3N5O/c1-18-8(7(11)3-15-18)9(20)17-6-2-16-19(4-6)5-10(12,13)14/h2-4H,5H2,1H3,(H,17,20). The van der Waals surface area contributed by atoms with E-state index in [0.29, 0.717) is 4.68 Å². The quantitative estimate of drug-likeness (QED) is 0.944. The van der Waals surface area contributed by atoms with Crippen molar-refractivity contribution >= 4 is 23.2 Å². The summed E-state index contributed by atoms with van der Waals surface area (Å²) in [5, 5.41) is 9.84. The lowest BCUT2D eigenvalue weighted by molar-refractivity contribution is -0.142. The highest BCUT2D eigenvalue weighted by atomic mass is 35.5. The van der Waals surface area contributed by atoms with Crippen molar-refractivity contribution in [3.8, 4) is 0 Å². The molecule has 108 valence electrons. The number of nitrogens with zero attached hydrogens (tertiary/aromatic N) is 4. The van der Waals surface area contributed by atoms with Gasteiger partial charge in [0.05, 0.1) is 23.1 Å². The second-order valence-corrected chi connectivity index (χ2v) is 4.37. The molecule has 0 atom stereocenters. The molecule has 1 N–H and O–H groups in total. The van der Waals surface area contributed by atoms with E-state index in [2.05, 4.69) is 15.5 Å². The fourth-order valence-corrected chi connectivity index (χ4v) is 1.81. The van der Waals surface area contributed by atoms with Gasteiger partial charge >= 0.3 is 6.18 Å². The van der Waals surface area contributed by atoms with Crippen LogP contribution >= 0.6 is 11.6 Å². The van der Waals surface area contributed by atoms with Crippen LogP contribution in [0.15, 0.2) is 18.6 Å². The number of aryl methyl sites for hydroxylation is 1. The lowest BCUT2D eigenvalue weighted by Crippen LogP contribution is -2.18. The van der Waals surface area contributed by atoms with Crippen LogP contribution < -0.4 is 5.32 Å². The van der Waals surface area contributed by atoms with Crippen LogP contribution in [0.2, 0.25) is 5.02 Å². The maximum Gasteiger partial charge on any atom is 0.408 e. The summed E-state index contributed by atoms with van der Waals surface area (Å²) in [6.07, 6.45) is -0.883. The summed E-state index contributed by atoms with van der Waals surface area (Å²) < 4.78 is 38.4. The molecule has 2 heterocycles. The number of rotatable bonds is 3. The maximum atomic E-state index is 12.2. The van der Waals surface area contributed by atoms with Gasteiger partial charge in [0.2, 0.25) is 0 Å². The predicted molar refractivity (Wildman–Crippen MR) is 64.5 cm³/mol. The van der Waals surface area contributed by atoms with Gasteiger partial charge in [-0.15, -0.1) is 0 Å². The Bertz CT molecular complexity index is 614. The zero-order valence-electron chi connectivity index (χ0n) is 10.1. The first-order valence-corrected chi connectivity index (χ1v) is 5.72. The summed E-state index contributed by atoms with van der Waals surface area (Å²) in [7, 11) is 1.52. The molecular weight excluding hydrogens is 299 g/mol. The van der Waals surface area contributed by atoms with Crippen molar-refractivity contribution in [3.05, 3.63) is 29.3 Å². The van der Waals surface area contributed by atoms with Gasteiger partial charge < -0.3 is 5.32 Å². The number of carbonyl (C=O) groups is 1. The molecule has 0 aliphatic heterocycles. The van der Waals surface area contributed by atoms with Crippen molar-refractivity contribution in [1.29, 1.82) is 0 Å². The predicted octanol–water partition coefficient (Wildman–Crippen LogP) is 2.08. The van der Waals surface area contributed by atoms with Crippen LogP contribution in [0.3, 0.4) is 0 Å². The molecule has 0 aliphatic rings. The van der Waals surface area contributed by atoms with Gasteiger partial charge in [-0.1, -0.05) is 11.6 Å². The summed E-state index contributed by atoms with van der Waals surface area (Å²) in [6.45, 7) is -1.23. The lowest BCUT2D eigenvalue weighted by Gasteiger charge is -2.05. The third kappa shape index (κ3) is 3.29. The minimum Gasteiger partial charge on any atom is -0.318 e. The van der Waals surface area contributed by atoms with Crippen LogP contribution in [-0.4, -0.2) is 31.6 Å². The number of aromatic nitrogens is 4. The van der Waals surface area contributed by atoms with E-state index in [1.54, 1.807) is 0 Å². The molecule has 2 aromatic rings. The lowest BCUT2D eigenvalue weighted by atomic mass is 10.4. The SMILES string of the molecule is Cn1ncc(Cl)c1C(=O)Nc1cnn(CC(F)(F)F)c1. The molecule has 0 bridgehead atoms. The van der Waals surface area contributed by atoms with E-state index in [4.69, 9.17) is 11.6 Å². The van der Waals surface area contributed by atoms with E-state index in [9.17, 15) is 18.0 Å². The number of amides is 1. The number of alkyl halides is 3. The van der Waals surface area contributed by atoms with E-state index in [0.717, 1.165) is 12.4 Å². The summed E-state index contributed by atoms with van der Waals surface area (Å²) >= 11 is 5.78. The number of carbonyl (C=O) groups excluding carboxylic acids is 1. The van der Waals surface area contributed by atoms with Gasteiger partial charge in [0.1, 0.15) is 12.2 Å². The van der Waals surface area contributed by atoms with Gasteiger partial charge in [0, 0.05) is 13.2 Å². The van der Waals surface area contributed by atoms with Gasteiger partial charge in [-0.3, -0.25) is 14.2 Å². The van der Waals surface area contributed by atoms with Gasteiger partial charge in [-0.2, -0.15) is 23.4 Å². The highest BCUT2D eigenvalue weighted by Gasteiger charge is 2.28. The average molecular weight is 308 g/mol. The van der Waals surface area contributed by atoms with Crippen LogP contribution in [0.1, 0.15) is 10.5 Å². The summed E-state index contributed by atoms with van der Waals surface area (Å²) in [5.41, 5.74) is 0.242. The zero-order chi connectivity index (χ0) is 14.9. The fourth-order valence-electron chi connectivity index (χ4n) is 1.55. The summed E-state index contributed by atoms with van der Waals surface area (Å²) in [6, 6.07) is 0. The highest BCUT2D eigenvalue weighted by molar-refractivity contribution is 6.34. The van der Waals surface area contributed by atoms with Crippen LogP contribution in [0, 0.1) is 0 Å². The van der Waals surface area contributed by atoms with Crippen LogP contribution in [-0.2, 0) is 13.6 Å². The second kappa shape index (κ2) is 5.16. The third-order valence-corrected chi connectivity index (χ3v) is 2.62. The van der Waals surface area contributed by atoms with Crippen LogP contribution in [0.25, 0.3) is 0 Å².